The van der Waals surface area contributed by atoms with E-state index in [1.807, 2.05) is 0 Å². The standard InChI is InChI=1S/C15H14Cl2N2O2/c16-10-6-4-9(5-7-10)13(20)8-19-15(21)11-2-1-3-12(17)14(11)18/h1-7,13,20H,8,18H2,(H,19,21). The zero-order valence-electron chi connectivity index (χ0n) is 11.0. The van der Waals surface area contributed by atoms with Gasteiger partial charge in [-0.1, -0.05) is 41.4 Å². The molecule has 110 valence electrons. The maximum absolute atomic E-state index is 12.0. The second-order valence-corrected chi connectivity index (χ2v) is 5.32. The van der Waals surface area contributed by atoms with Crippen LogP contribution in [0.15, 0.2) is 42.5 Å². The van der Waals surface area contributed by atoms with Gasteiger partial charge in [0.05, 0.1) is 22.4 Å². The molecule has 2 rings (SSSR count). The molecule has 0 saturated heterocycles. The molecule has 0 aromatic heterocycles. The minimum atomic E-state index is -0.827. The fourth-order valence-corrected chi connectivity index (χ4v) is 2.12. The van der Waals surface area contributed by atoms with Gasteiger partial charge in [-0.3, -0.25) is 4.79 Å². The van der Waals surface area contributed by atoms with Gasteiger partial charge in [0.25, 0.3) is 5.91 Å². The van der Waals surface area contributed by atoms with E-state index in [0.717, 1.165) is 0 Å². The highest BCUT2D eigenvalue weighted by atomic mass is 35.5. The minimum Gasteiger partial charge on any atom is -0.397 e. The number of hydrogen-bond donors (Lipinski definition) is 3. The second-order valence-electron chi connectivity index (χ2n) is 4.48. The normalized spacial score (nSPS) is 12.0. The van der Waals surface area contributed by atoms with Gasteiger partial charge in [-0.05, 0) is 29.8 Å². The summed E-state index contributed by atoms with van der Waals surface area (Å²) in [6, 6.07) is 11.6. The Morgan fingerprint density at radius 2 is 1.86 bits per heavy atom. The molecule has 0 radical (unpaired) electrons. The van der Waals surface area contributed by atoms with Gasteiger partial charge in [-0.2, -0.15) is 0 Å². The van der Waals surface area contributed by atoms with E-state index in [0.29, 0.717) is 15.6 Å². The van der Waals surface area contributed by atoms with Gasteiger partial charge in [0.1, 0.15) is 0 Å². The van der Waals surface area contributed by atoms with Crippen molar-refractivity contribution in [3.63, 3.8) is 0 Å². The zero-order chi connectivity index (χ0) is 15.4. The van der Waals surface area contributed by atoms with Gasteiger partial charge >= 0.3 is 0 Å². The lowest BCUT2D eigenvalue weighted by Crippen LogP contribution is -2.29. The first-order chi connectivity index (χ1) is 9.99. The SMILES string of the molecule is Nc1c(Cl)cccc1C(=O)NCC(O)c1ccc(Cl)cc1. The Kier molecular flexibility index (Phi) is 5.07. The van der Waals surface area contributed by atoms with Gasteiger partial charge in [-0.25, -0.2) is 0 Å². The molecule has 2 aromatic rings. The maximum atomic E-state index is 12.0. The molecule has 0 fully saturated rings. The number of hydrogen-bond acceptors (Lipinski definition) is 3. The summed E-state index contributed by atoms with van der Waals surface area (Å²) in [5, 5.41) is 13.5. The lowest BCUT2D eigenvalue weighted by atomic mass is 10.1. The summed E-state index contributed by atoms with van der Waals surface area (Å²) in [7, 11) is 0. The van der Waals surface area contributed by atoms with Crippen LogP contribution in [0.25, 0.3) is 0 Å². The molecule has 0 aliphatic rings. The lowest BCUT2D eigenvalue weighted by molar-refractivity contribution is 0.0917. The number of aliphatic hydroxyl groups excluding tert-OH is 1. The predicted octanol–water partition coefficient (Wildman–Crippen LogP) is 3.04. The zero-order valence-corrected chi connectivity index (χ0v) is 12.5. The van der Waals surface area contributed by atoms with Crippen molar-refractivity contribution in [3.8, 4) is 0 Å². The highest BCUT2D eigenvalue weighted by Gasteiger charge is 2.14. The molecule has 0 heterocycles. The van der Waals surface area contributed by atoms with Crippen LogP contribution in [0.4, 0.5) is 5.69 Å². The second kappa shape index (κ2) is 6.80. The Labute approximate surface area is 132 Å². The molecule has 0 bridgehead atoms. The Bertz CT molecular complexity index is 645. The van der Waals surface area contributed by atoms with E-state index in [-0.39, 0.29) is 23.7 Å². The summed E-state index contributed by atoms with van der Waals surface area (Å²) in [6.45, 7) is 0.0619. The third-order valence-electron chi connectivity index (χ3n) is 3.01. The number of rotatable bonds is 4. The maximum Gasteiger partial charge on any atom is 0.253 e. The number of anilines is 1. The number of nitrogen functional groups attached to an aromatic ring is 1. The van der Waals surface area contributed by atoms with Gasteiger partial charge in [0.15, 0.2) is 0 Å². The molecule has 0 aliphatic heterocycles. The number of aliphatic hydroxyl groups is 1. The Hall–Kier alpha value is -1.75. The monoisotopic (exact) mass is 324 g/mol. The van der Waals surface area contributed by atoms with E-state index in [2.05, 4.69) is 5.32 Å². The molecular formula is C15H14Cl2N2O2. The van der Waals surface area contributed by atoms with Crippen LogP contribution in [0.5, 0.6) is 0 Å². The van der Waals surface area contributed by atoms with E-state index in [1.165, 1.54) is 0 Å². The topological polar surface area (TPSA) is 75.4 Å². The van der Waals surface area contributed by atoms with Crippen LogP contribution in [0.3, 0.4) is 0 Å². The number of halogens is 2. The Morgan fingerprint density at radius 1 is 1.19 bits per heavy atom. The van der Waals surface area contributed by atoms with Crippen LogP contribution in [-0.4, -0.2) is 17.6 Å². The Balaban J connectivity index is 2.00. The van der Waals surface area contributed by atoms with E-state index in [4.69, 9.17) is 28.9 Å². The molecule has 2 aromatic carbocycles. The van der Waals surface area contributed by atoms with E-state index < -0.39 is 6.10 Å². The summed E-state index contributed by atoms with van der Waals surface area (Å²) < 4.78 is 0. The summed E-state index contributed by atoms with van der Waals surface area (Å²) in [5.41, 5.74) is 6.92. The molecular weight excluding hydrogens is 311 g/mol. The Morgan fingerprint density at radius 3 is 2.52 bits per heavy atom. The fraction of sp³-hybridized carbons (Fsp3) is 0.133. The van der Waals surface area contributed by atoms with Crippen molar-refractivity contribution in [1.82, 2.24) is 5.32 Å². The van der Waals surface area contributed by atoms with Gasteiger partial charge in [0, 0.05) is 11.6 Å². The molecule has 4 N–H and O–H groups in total. The summed E-state index contributed by atoms with van der Waals surface area (Å²) in [5.74, 6) is -0.386. The third kappa shape index (κ3) is 3.88. The molecule has 4 nitrogen and oxygen atoms in total. The molecule has 0 aliphatic carbocycles. The first kappa shape index (κ1) is 15.6. The number of carbonyl (C=O) groups is 1. The molecule has 1 atom stereocenters. The average molecular weight is 325 g/mol. The summed E-state index contributed by atoms with van der Waals surface area (Å²) in [6.07, 6.45) is -0.827. The molecule has 1 unspecified atom stereocenters. The first-order valence-corrected chi connectivity index (χ1v) is 7.00. The quantitative estimate of drug-likeness (QED) is 0.756. The summed E-state index contributed by atoms with van der Waals surface area (Å²) >= 11 is 11.6. The molecule has 0 spiro atoms. The first-order valence-electron chi connectivity index (χ1n) is 6.24. The van der Waals surface area contributed by atoms with Crippen molar-refractivity contribution >= 4 is 34.8 Å². The number of nitrogens with two attached hydrogens (primary N) is 1. The van der Waals surface area contributed by atoms with Crippen molar-refractivity contribution in [1.29, 1.82) is 0 Å². The largest absolute Gasteiger partial charge is 0.397 e. The highest BCUT2D eigenvalue weighted by molar-refractivity contribution is 6.34. The molecule has 6 heteroatoms. The number of para-hydroxylation sites is 1. The molecule has 1 amide bonds. The lowest BCUT2D eigenvalue weighted by Gasteiger charge is -2.13. The van der Waals surface area contributed by atoms with Gasteiger partial charge in [-0.15, -0.1) is 0 Å². The number of amides is 1. The molecule has 0 saturated carbocycles. The number of carbonyl (C=O) groups excluding carboxylic acids is 1. The van der Waals surface area contributed by atoms with Crippen molar-refractivity contribution in [3.05, 3.63) is 63.6 Å². The van der Waals surface area contributed by atoms with Crippen LogP contribution in [0, 0.1) is 0 Å². The van der Waals surface area contributed by atoms with E-state index in [9.17, 15) is 9.90 Å². The third-order valence-corrected chi connectivity index (χ3v) is 3.59. The number of nitrogens with one attached hydrogen (secondary N) is 1. The van der Waals surface area contributed by atoms with Crippen LogP contribution in [-0.2, 0) is 0 Å². The fourth-order valence-electron chi connectivity index (χ4n) is 1.82. The predicted molar refractivity (Wildman–Crippen MR) is 84.6 cm³/mol. The minimum absolute atomic E-state index is 0.0619. The van der Waals surface area contributed by atoms with Crippen LogP contribution in [0.2, 0.25) is 10.0 Å². The number of benzene rings is 2. The molecule has 21 heavy (non-hydrogen) atoms. The van der Waals surface area contributed by atoms with Crippen molar-refractivity contribution in [2.45, 2.75) is 6.10 Å². The summed E-state index contributed by atoms with van der Waals surface area (Å²) in [4.78, 5) is 12.0. The van der Waals surface area contributed by atoms with Crippen LogP contribution < -0.4 is 11.1 Å². The van der Waals surface area contributed by atoms with E-state index >= 15 is 0 Å². The van der Waals surface area contributed by atoms with Crippen molar-refractivity contribution < 1.29 is 9.90 Å². The smallest absolute Gasteiger partial charge is 0.253 e. The van der Waals surface area contributed by atoms with E-state index in [1.54, 1.807) is 42.5 Å². The van der Waals surface area contributed by atoms with Gasteiger partial charge in [0.2, 0.25) is 0 Å². The van der Waals surface area contributed by atoms with Crippen molar-refractivity contribution in [2.24, 2.45) is 0 Å². The van der Waals surface area contributed by atoms with Crippen molar-refractivity contribution in [2.75, 3.05) is 12.3 Å². The van der Waals surface area contributed by atoms with Crippen LogP contribution in [0.1, 0.15) is 22.0 Å². The average Bonchev–Trinajstić information content (AvgIpc) is 2.48. The highest BCUT2D eigenvalue weighted by Crippen LogP contribution is 2.22. The van der Waals surface area contributed by atoms with Crippen LogP contribution >= 0.6 is 23.2 Å². The van der Waals surface area contributed by atoms with Gasteiger partial charge < -0.3 is 16.2 Å².